The number of hydrogen-bond donors (Lipinski definition) is 1. The maximum Gasteiger partial charge on any atom is 0.100 e. The topological polar surface area (TPSA) is 32.6 Å². The molecule has 2 nitrogen and oxygen atoms in total. The lowest BCUT2D eigenvalue weighted by Gasteiger charge is -2.21. The third-order valence-corrected chi connectivity index (χ3v) is 1.76. The highest BCUT2D eigenvalue weighted by molar-refractivity contribution is 6.01. The smallest absolute Gasteiger partial charge is 0.100 e. The Hall–Kier alpha value is -0.630. The third-order valence-electron chi connectivity index (χ3n) is 1.76. The SMILES string of the molecule is CC1C=CC(C(C)(C)O)=NC1. The van der Waals surface area contributed by atoms with E-state index in [2.05, 4.69) is 18.0 Å². The molecule has 0 saturated heterocycles. The first-order chi connectivity index (χ1) is 5.00. The second-order valence-electron chi connectivity index (χ2n) is 3.62. The average molecular weight is 153 g/mol. The second-order valence-corrected chi connectivity index (χ2v) is 3.62. The van der Waals surface area contributed by atoms with Crippen molar-refractivity contribution in [3.8, 4) is 0 Å². The Morgan fingerprint density at radius 2 is 2.27 bits per heavy atom. The Kier molecular flexibility index (Phi) is 2.14. The van der Waals surface area contributed by atoms with Crippen molar-refractivity contribution in [2.24, 2.45) is 10.9 Å². The van der Waals surface area contributed by atoms with Gasteiger partial charge in [0.2, 0.25) is 0 Å². The lowest BCUT2D eigenvalue weighted by atomic mass is 9.98. The van der Waals surface area contributed by atoms with Crippen LogP contribution in [0.1, 0.15) is 20.8 Å². The number of rotatable bonds is 1. The van der Waals surface area contributed by atoms with Gasteiger partial charge < -0.3 is 5.11 Å². The van der Waals surface area contributed by atoms with Crippen LogP contribution in [-0.2, 0) is 0 Å². The van der Waals surface area contributed by atoms with E-state index in [-0.39, 0.29) is 0 Å². The van der Waals surface area contributed by atoms with Crippen molar-refractivity contribution in [2.75, 3.05) is 6.54 Å². The van der Waals surface area contributed by atoms with Crippen molar-refractivity contribution >= 4 is 5.71 Å². The molecule has 0 aromatic rings. The maximum absolute atomic E-state index is 9.55. The monoisotopic (exact) mass is 153 g/mol. The fourth-order valence-electron chi connectivity index (χ4n) is 1.01. The fourth-order valence-corrected chi connectivity index (χ4v) is 1.01. The molecule has 1 aliphatic heterocycles. The summed E-state index contributed by atoms with van der Waals surface area (Å²) in [6.07, 6.45) is 3.99. The molecule has 1 heterocycles. The first kappa shape index (κ1) is 8.47. The van der Waals surface area contributed by atoms with Gasteiger partial charge in [-0.3, -0.25) is 4.99 Å². The van der Waals surface area contributed by atoms with Crippen molar-refractivity contribution in [3.63, 3.8) is 0 Å². The molecule has 0 amide bonds. The predicted molar refractivity (Wildman–Crippen MR) is 46.9 cm³/mol. The molecule has 0 spiro atoms. The summed E-state index contributed by atoms with van der Waals surface area (Å²) >= 11 is 0. The maximum atomic E-state index is 9.55. The summed E-state index contributed by atoms with van der Waals surface area (Å²) in [5.41, 5.74) is 0.00648. The van der Waals surface area contributed by atoms with Crippen molar-refractivity contribution in [1.29, 1.82) is 0 Å². The molecule has 2 heteroatoms. The summed E-state index contributed by atoms with van der Waals surface area (Å²) in [6, 6.07) is 0. The van der Waals surface area contributed by atoms with E-state index in [0.717, 1.165) is 12.3 Å². The van der Waals surface area contributed by atoms with Gasteiger partial charge in [-0.15, -0.1) is 0 Å². The summed E-state index contributed by atoms with van der Waals surface area (Å²) in [5.74, 6) is 0.515. The van der Waals surface area contributed by atoms with Crippen molar-refractivity contribution in [2.45, 2.75) is 26.4 Å². The zero-order valence-corrected chi connectivity index (χ0v) is 7.33. The molecule has 11 heavy (non-hydrogen) atoms. The van der Waals surface area contributed by atoms with Gasteiger partial charge >= 0.3 is 0 Å². The van der Waals surface area contributed by atoms with Crippen LogP contribution in [0.3, 0.4) is 0 Å². The van der Waals surface area contributed by atoms with Crippen LogP contribution < -0.4 is 0 Å². The Morgan fingerprint density at radius 1 is 1.64 bits per heavy atom. The van der Waals surface area contributed by atoms with Gasteiger partial charge in [0.1, 0.15) is 5.60 Å². The molecule has 1 rings (SSSR count). The van der Waals surface area contributed by atoms with Crippen LogP contribution in [0.15, 0.2) is 17.1 Å². The Bertz CT molecular complexity index is 198. The van der Waals surface area contributed by atoms with Crippen LogP contribution in [0, 0.1) is 5.92 Å². The minimum atomic E-state index is -0.781. The standard InChI is InChI=1S/C9H15NO/c1-7-4-5-8(10-6-7)9(2,3)11/h4-5,7,11H,6H2,1-3H3. The average Bonchev–Trinajstić information content (AvgIpc) is 1.86. The Morgan fingerprint density at radius 3 is 2.64 bits per heavy atom. The lowest BCUT2D eigenvalue weighted by molar-refractivity contribution is 0.154. The molecule has 0 saturated carbocycles. The molecule has 0 aromatic heterocycles. The summed E-state index contributed by atoms with van der Waals surface area (Å²) in [5, 5.41) is 9.55. The summed E-state index contributed by atoms with van der Waals surface area (Å²) < 4.78 is 0. The number of aliphatic hydroxyl groups is 1. The van der Waals surface area contributed by atoms with Crippen LogP contribution in [0.25, 0.3) is 0 Å². The van der Waals surface area contributed by atoms with Crippen molar-refractivity contribution < 1.29 is 5.11 Å². The number of hydrogen-bond acceptors (Lipinski definition) is 2. The first-order valence-electron chi connectivity index (χ1n) is 3.95. The van der Waals surface area contributed by atoms with Gasteiger partial charge in [-0.2, -0.15) is 0 Å². The normalized spacial score (nSPS) is 25.1. The predicted octanol–water partition coefficient (Wildman–Crippen LogP) is 1.40. The fraction of sp³-hybridized carbons (Fsp3) is 0.667. The van der Waals surface area contributed by atoms with Crippen molar-refractivity contribution in [1.82, 2.24) is 0 Å². The molecule has 1 aliphatic rings. The Balaban J connectivity index is 2.71. The zero-order valence-electron chi connectivity index (χ0n) is 7.33. The largest absolute Gasteiger partial charge is 0.384 e. The van der Waals surface area contributed by atoms with E-state index in [4.69, 9.17) is 0 Å². The number of dihydropyridines is 1. The molecular weight excluding hydrogens is 138 g/mol. The molecule has 1 atom stereocenters. The van der Waals surface area contributed by atoms with Crippen LogP contribution in [-0.4, -0.2) is 23.0 Å². The minimum absolute atomic E-state index is 0.515. The van der Waals surface area contributed by atoms with Gasteiger partial charge in [0.15, 0.2) is 0 Å². The summed E-state index contributed by atoms with van der Waals surface area (Å²) in [6.45, 7) is 6.43. The van der Waals surface area contributed by atoms with Crippen LogP contribution in [0.2, 0.25) is 0 Å². The van der Waals surface area contributed by atoms with E-state index in [1.165, 1.54) is 0 Å². The van der Waals surface area contributed by atoms with E-state index in [0.29, 0.717) is 5.92 Å². The molecule has 0 aliphatic carbocycles. The molecule has 0 aromatic carbocycles. The highest BCUT2D eigenvalue weighted by atomic mass is 16.3. The van der Waals surface area contributed by atoms with Gasteiger partial charge in [-0.25, -0.2) is 0 Å². The minimum Gasteiger partial charge on any atom is -0.384 e. The molecule has 62 valence electrons. The van der Waals surface area contributed by atoms with Gasteiger partial charge in [-0.1, -0.05) is 13.0 Å². The summed E-state index contributed by atoms with van der Waals surface area (Å²) in [4.78, 5) is 4.26. The summed E-state index contributed by atoms with van der Waals surface area (Å²) in [7, 11) is 0. The number of aliphatic imine (C=N–C) groups is 1. The highest BCUT2D eigenvalue weighted by Crippen LogP contribution is 2.13. The van der Waals surface area contributed by atoms with Gasteiger partial charge in [0.05, 0.1) is 5.71 Å². The zero-order chi connectivity index (χ0) is 8.48. The van der Waals surface area contributed by atoms with Crippen LogP contribution >= 0.6 is 0 Å². The van der Waals surface area contributed by atoms with E-state index < -0.39 is 5.60 Å². The van der Waals surface area contributed by atoms with Crippen LogP contribution in [0.4, 0.5) is 0 Å². The van der Waals surface area contributed by atoms with Crippen LogP contribution in [0.5, 0.6) is 0 Å². The number of nitrogens with zero attached hydrogens (tertiary/aromatic N) is 1. The molecule has 0 bridgehead atoms. The quantitative estimate of drug-likeness (QED) is 0.607. The Labute approximate surface area is 67.7 Å². The molecule has 1 N–H and O–H groups in total. The van der Waals surface area contributed by atoms with E-state index in [1.807, 2.05) is 6.08 Å². The molecule has 1 unspecified atom stereocenters. The van der Waals surface area contributed by atoms with E-state index in [9.17, 15) is 5.11 Å². The second kappa shape index (κ2) is 2.78. The van der Waals surface area contributed by atoms with Gasteiger partial charge in [-0.05, 0) is 25.8 Å². The highest BCUT2D eigenvalue weighted by Gasteiger charge is 2.20. The van der Waals surface area contributed by atoms with Gasteiger partial charge in [0, 0.05) is 6.54 Å². The molecule has 0 fully saturated rings. The first-order valence-corrected chi connectivity index (χ1v) is 3.95. The van der Waals surface area contributed by atoms with E-state index in [1.54, 1.807) is 13.8 Å². The molecule has 0 radical (unpaired) electrons. The van der Waals surface area contributed by atoms with E-state index >= 15 is 0 Å². The lowest BCUT2D eigenvalue weighted by Crippen LogP contribution is -2.31. The van der Waals surface area contributed by atoms with Gasteiger partial charge in [0.25, 0.3) is 0 Å². The third kappa shape index (κ3) is 2.15. The molecular formula is C9H15NO. The van der Waals surface area contributed by atoms with Crippen molar-refractivity contribution in [3.05, 3.63) is 12.2 Å².